The second kappa shape index (κ2) is 5.80. The fourth-order valence-corrected chi connectivity index (χ4v) is 3.56. The Morgan fingerprint density at radius 3 is 2.52 bits per heavy atom. The predicted octanol–water partition coefficient (Wildman–Crippen LogP) is 4.77. The topological polar surface area (TPSA) is 29.1 Å². The van der Waals surface area contributed by atoms with Gasteiger partial charge in [0.05, 0.1) is 0 Å². The summed E-state index contributed by atoms with van der Waals surface area (Å²) in [6.45, 7) is 4.51. The minimum atomic E-state index is 0.0470. The smallest absolute Gasteiger partial charge is 0.251 e. The number of halogens is 1. The van der Waals surface area contributed by atoms with Gasteiger partial charge < -0.3 is 5.32 Å². The largest absolute Gasteiger partial charge is 0.349 e. The van der Waals surface area contributed by atoms with Crippen LogP contribution in [0.1, 0.15) is 37.0 Å². The van der Waals surface area contributed by atoms with Crippen LogP contribution in [0.25, 0.3) is 10.8 Å². The molecule has 2 aromatic carbocycles. The number of benzene rings is 2. The highest BCUT2D eigenvalue weighted by atomic mass is 79.9. The highest BCUT2D eigenvalue weighted by Gasteiger charge is 2.30. The van der Waals surface area contributed by atoms with Gasteiger partial charge in [-0.25, -0.2) is 0 Å². The van der Waals surface area contributed by atoms with Gasteiger partial charge in [0.1, 0.15) is 0 Å². The molecular weight excluding hydrogens is 326 g/mol. The Balaban J connectivity index is 1.80. The molecule has 0 heterocycles. The molecular formula is C18H20BrNO. The lowest BCUT2D eigenvalue weighted by atomic mass is 9.97. The second-order valence-corrected chi connectivity index (χ2v) is 7.12. The van der Waals surface area contributed by atoms with Crippen LogP contribution in [0, 0.1) is 11.8 Å². The Morgan fingerprint density at radius 1 is 1.10 bits per heavy atom. The van der Waals surface area contributed by atoms with E-state index in [2.05, 4.69) is 41.2 Å². The molecule has 1 N–H and O–H groups in total. The first-order valence-electron chi connectivity index (χ1n) is 7.55. The van der Waals surface area contributed by atoms with Gasteiger partial charge in [0.2, 0.25) is 0 Å². The van der Waals surface area contributed by atoms with E-state index in [1.54, 1.807) is 0 Å². The van der Waals surface area contributed by atoms with Crippen LogP contribution in [0.2, 0.25) is 0 Å². The van der Waals surface area contributed by atoms with Crippen molar-refractivity contribution >= 4 is 32.6 Å². The average Bonchev–Trinajstić information content (AvgIpc) is 2.78. The van der Waals surface area contributed by atoms with Crippen molar-refractivity contribution in [3.8, 4) is 0 Å². The zero-order valence-corrected chi connectivity index (χ0v) is 14.0. The molecule has 0 radical (unpaired) electrons. The van der Waals surface area contributed by atoms with E-state index in [0.29, 0.717) is 17.9 Å². The summed E-state index contributed by atoms with van der Waals surface area (Å²) in [4.78, 5) is 12.4. The van der Waals surface area contributed by atoms with Crippen LogP contribution in [0.5, 0.6) is 0 Å². The van der Waals surface area contributed by atoms with E-state index in [1.165, 1.54) is 6.42 Å². The number of nitrogens with one attached hydrogen (secondary N) is 1. The van der Waals surface area contributed by atoms with E-state index < -0.39 is 0 Å². The summed E-state index contributed by atoms with van der Waals surface area (Å²) >= 11 is 3.47. The van der Waals surface area contributed by atoms with Crippen molar-refractivity contribution in [2.45, 2.75) is 32.7 Å². The molecule has 3 atom stereocenters. The Hall–Kier alpha value is -1.35. The lowest BCUT2D eigenvalue weighted by molar-refractivity contribution is 0.0927. The summed E-state index contributed by atoms with van der Waals surface area (Å²) in [5.41, 5.74) is 0.747. The summed E-state index contributed by atoms with van der Waals surface area (Å²) in [7, 11) is 0. The molecule has 3 rings (SSSR count). The van der Waals surface area contributed by atoms with Crippen LogP contribution in [-0.2, 0) is 0 Å². The van der Waals surface area contributed by atoms with E-state index in [0.717, 1.165) is 27.2 Å². The maximum Gasteiger partial charge on any atom is 0.251 e. The molecule has 1 aliphatic carbocycles. The molecule has 0 bridgehead atoms. The molecule has 1 amide bonds. The molecule has 2 nitrogen and oxygen atoms in total. The summed E-state index contributed by atoms with van der Waals surface area (Å²) in [6.07, 6.45) is 2.30. The number of fused-ring (bicyclic) bond motifs is 1. The van der Waals surface area contributed by atoms with Crippen LogP contribution >= 0.6 is 15.9 Å². The molecule has 2 aromatic rings. The van der Waals surface area contributed by atoms with Gasteiger partial charge in [0.25, 0.3) is 5.91 Å². The molecule has 1 fully saturated rings. The Labute approximate surface area is 134 Å². The quantitative estimate of drug-likeness (QED) is 0.834. The van der Waals surface area contributed by atoms with Crippen molar-refractivity contribution in [3.63, 3.8) is 0 Å². The number of hydrogen-bond acceptors (Lipinski definition) is 1. The zero-order valence-electron chi connectivity index (χ0n) is 12.4. The van der Waals surface area contributed by atoms with Crippen molar-refractivity contribution in [3.05, 3.63) is 46.4 Å². The first-order valence-corrected chi connectivity index (χ1v) is 8.34. The summed E-state index contributed by atoms with van der Waals surface area (Å²) in [5, 5.41) is 5.44. The van der Waals surface area contributed by atoms with Gasteiger partial charge in [-0.15, -0.1) is 0 Å². The Bertz CT molecular complexity index is 682. The summed E-state index contributed by atoms with van der Waals surface area (Å²) in [5.74, 6) is 1.31. The second-order valence-electron chi connectivity index (χ2n) is 6.20. The number of carbonyl (C=O) groups is 1. The third-order valence-electron chi connectivity index (χ3n) is 4.85. The highest BCUT2D eigenvalue weighted by Crippen LogP contribution is 2.31. The first kappa shape index (κ1) is 14.6. The number of amides is 1. The van der Waals surface area contributed by atoms with Crippen molar-refractivity contribution in [2.24, 2.45) is 11.8 Å². The fraction of sp³-hybridized carbons (Fsp3) is 0.389. The maximum absolute atomic E-state index is 12.4. The van der Waals surface area contributed by atoms with Gasteiger partial charge in [-0.1, -0.05) is 41.9 Å². The van der Waals surface area contributed by atoms with Crippen LogP contribution in [0.4, 0.5) is 0 Å². The van der Waals surface area contributed by atoms with E-state index in [4.69, 9.17) is 0 Å². The van der Waals surface area contributed by atoms with Crippen LogP contribution in [0.3, 0.4) is 0 Å². The molecule has 0 saturated heterocycles. The van der Waals surface area contributed by atoms with Gasteiger partial charge in [-0.2, -0.15) is 0 Å². The highest BCUT2D eigenvalue weighted by molar-refractivity contribution is 9.10. The van der Waals surface area contributed by atoms with E-state index in [1.807, 2.05) is 30.3 Å². The Kier molecular flexibility index (Phi) is 4.03. The lowest BCUT2D eigenvalue weighted by Gasteiger charge is -2.19. The first-order chi connectivity index (χ1) is 10.0. The van der Waals surface area contributed by atoms with Crippen LogP contribution in [-0.4, -0.2) is 11.9 Å². The van der Waals surface area contributed by atoms with Crippen molar-refractivity contribution in [2.75, 3.05) is 0 Å². The maximum atomic E-state index is 12.4. The van der Waals surface area contributed by atoms with Crippen LogP contribution < -0.4 is 5.32 Å². The minimum absolute atomic E-state index is 0.0470. The SMILES string of the molecule is CC1CCC(NC(=O)c2ccc3cc(Br)ccc3c2)C1C. The van der Waals surface area contributed by atoms with Gasteiger partial charge in [-0.05, 0) is 59.7 Å². The van der Waals surface area contributed by atoms with E-state index in [9.17, 15) is 4.79 Å². The van der Waals surface area contributed by atoms with Crippen molar-refractivity contribution in [1.29, 1.82) is 0 Å². The van der Waals surface area contributed by atoms with Gasteiger partial charge in [0, 0.05) is 16.1 Å². The van der Waals surface area contributed by atoms with Crippen LogP contribution in [0.15, 0.2) is 40.9 Å². The number of rotatable bonds is 2. The Morgan fingerprint density at radius 2 is 1.81 bits per heavy atom. The molecule has 3 heteroatoms. The third kappa shape index (κ3) is 2.98. The molecule has 0 aliphatic heterocycles. The fourth-order valence-electron chi connectivity index (χ4n) is 3.18. The zero-order chi connectivity index (χ0) is 15.0. The molecule has 0 aromatic heterocycles. The third-order valence-corrected chi connectivity index (χ3v) is 5.34. The summed E-state index contributed by atoms with van der Waals surface area (Å²) in [6, 6.07) is 12.3. The standard InChI is InChI=1S/C18H20BrNO/c1-11-3-8-17(12(11)2)20-18(21)15-5-4-14-10-16(19)7-6-13(14)9-15/h4-7,9-12,17H,3,8H2,1-2H3,(H,20,21). The number of hydrogen-bond donors (Lipinski definition) is 1. The minimum Gasteiger partial charge on any atom is -0.349 e. The number of carbonyl (C=O) groups excluding carboxylic acids is 1. The monoisotopic (exact) mass is 345 g/mol. The average molecular weight is 346 g/mol. The molecule has 1 saturated carbocycles. The van der Waals surface area contributed by atoms with Gasteiger partial charge >= 0.3 is 0 Å². The lowest BCUT2D eigenvalue weighted by Crippen LogP contribution is -2.37. The normalized spacial score (nSPS) is 25.2. The van der Waals surface area contributed by atoms with Crippen molar-refractivity contribution < 1.29 is 4.79 Å². The molecule has 3 unspecified atom stereocenters. The molecule has 0 spiro atoms. The van der Waals surface area contributed by atoms with E-state index >= 15 is 0 Å². The molecule has 21 heavy (non-hydrogen) atoms. The molecule has 1 aliphatic rings. The summed E-state index contributed by atoms with van der Waals surface area (Å²) < 4.78 is 1.06. The van der Waals surface area contributed by atoms with Gasteiger partial charge in [-0.3, -0.25) is 4.79 Å². The molecule has 110 valence electrons. The van der Waals surface area contributed by atoms with E-state index in [-0.39, 0.29) is 5.91 Å². The van der Waals surface area contributed by atoms with Gasteiger partial charge in [0.15, 0.2) is 0 Å². The van der Waals surface area contributed by atoms with Crippen molar-refractivity contribution in [1.82, 2.24) is 5.32 Å². The predicted molar refractivity (Wildman–Crippen MR) is 90.5 cm³/mol.